The summed E-state index contributed by atoms with van der Waals surface area (Å²) in [4.78, 5) is 13.6. The minimum atomic E-state index is -0.417. The normalized spacial score (nSPS) is 10.3. The molecule has 1 amide bonds. The van der Waals surface area contributed by atoms with Crippen molar-refractivity contribution in [1.82, 2.24) is 5.43 Å². The van der Waals surface area contributed by atoms with Gasteiger partial charge < -0.3 is 9.32 Å². The van der Waals surface area contributed by atoms with E-state index in [1.165, 1.54) is 11.8 Å². The molecule has 5 nitrogen and oxygen atoms in total. The summed E-state index contributed by atoms with van der Waals surface area (Å²) < 4.78 is 5.17. The molecule has 0 bridgehead atoms. The van der Waals surface area contributed by atoms with Gasteiger partial charge in [0.15, 0.2) is 5.76 Å². The van der Waals surface area contributed by atoms with Gasteiger partial charge in [-0.15, -0.1) is 0 Å². The van der Waals surface area contributed by atoms with Crippen LogP contribution in [0.5, 0.6) is 0 Å². The number of hydrogen-bond acceptors (Lipinski definition) is 4. The number of nitrogen functional groups attached to an aromatic ring is 1. The van der Waals surface area contributed by atoms with Crippen LogP contribution in [0.25, 0.3) is 0 Å². The lowest BCUT2D eigenvalue weighted by molar-refractivity contribution is 0.0924. The van der Waals surface area contributed by atoms with Crippen LogP contribution >= 0.6 is 0 Å². The van der Waals surface area contributed by atoms with Crippen molar-refractivity contribution in [3.8, 4) is 0 Å². The summed E-state index contributed by atoms with van der Waals surface area (Å²) in [5.41, 5.74) is 5.27. The summed E-state index contributed by atoms with van der Waals surface area (Å²) >= 11 is 0. The van der Waals surface area contributed by atoms with Gasteiger partial charge in [0, 0.05) is 24.8 Å². The molecule has 20 heavy (non-hydrogen) atoms. The van der Waals surface area contributed by atoms with E-state index in [4.69, 9.17) is 10.3 Å². The maximum Gasteiger partial charge on any atom is 0.301 e. The van der Waals surface area contributed by atoms with Gasteiger partial charge in [-0.2, -0.15) is 0 Å². The fourth-order valence-corrected chi connectivity index (χ4v) is 2.06. The number of furan rings is 1. The Morgan fingerprint density at radius 3 is 2.60 bits per heavy atom. The smallest absolute Gasteiger partial charge is 0.301 e. The van der Waals surface area contributed by atoms with Crippen molar-refractivity contribution in [3.63, 3.8) is 0 Å². The molecule has 0 aliphatic carbocycles. The molecule has 0 spiro atoms. The number of aryl methyl sites for hydroxylation is 1. The Hall–Kier alpha value is -2.27. The van der Waals surface area contributed by atoms with Gasteiger partial charge in [-0.1, -0.05) is 19.1 Å². The van der Waals surface area contributed by atoms with E-state index >= 15 is 0 Å². The summed E-state index contributed by atoms with van der Waals surface area (Å²) in [6.07, 6.45) is 2.51. The van der Waals surface area contributed by atoms with Gasteiger partial charge >= 0.3 is 5.91 Å². The van der Waals surface area contributed by atoms with Crippen molar-refractivity contribution in [2.45, 2.75) is 19.9 Å². The standard InChI is InChI=1S/C15H19N3O2/c1-3-11-4-6-13(7-5-11)18(2)10-12-8-9-20-14(12)15(19)17-16/h4-9H,3,10,16H2,1-2H3,(H,17,19). The Kier molecular flexibility index (Phi) is 4.42. The molecule has 0 aliphatic heterocycles. The Morgan fingerprint density at radius 1 is 1.30 bits per heavy atom. The number of amides is 1. The van der Waals surface area contributed by atoms with Crippen LogP contribution < -0.4 is 16.2 Å². The molecule has 5 heteroatoms. The van der Waals surface area contributed by atoms with Crippen LogP contribution in [-0.4, -0.2) is 13.0 Å². The van der Waals surface area contributed by atoms with E-state index in [-0.39, 0.29) is 5.76 Å². The molecule has 0 atom stereocenters. The van der Waals surface area contributed by atoms with E-state index in [0.29, 0.717) is 6.54 Å². The molecule has 0 aliphatic rings. The van der Waals surface area contributed by atoms with E-state index in [2.05, 4.69) is 41.5 Å². The zero-order valence-corrected chi connectivity index (χ0v) is 11.7. The first-order valence-corrected chi connectivity index (χ1v) is 6.53. The highest BCUT2D eigenvalue weighted by Gasteiger charge is 2.15. The first-order chi connectivity index (χ1) is 9.65. The van der Waals surface area contributed by atoms with Crippen LogP contribution in [0.3, 0.4) is 0 Å². The van der Waals surface area contributed by atoms with Gasteiger partial charge in [0.1, 0.15) is 0 Å². The minimum absolute atomic E-state index is 0.254. The van der Waals surface area contributed by atoms with Gasteiger partial charge in [-0.25, -0.2) is 5.84 Å². The summed E-state index contributed by atoms with van der Waals surface area (Å²) in [5, 5.41) is 0. The molecule has 0 radical (unpaired) electrons. The molecule has 0 unspecified atom stereocenters. The van der Waals surface area contributed by atoms with E-state index in [9.17, 15) is 4.79 Å². The fraction of sp³-hybridized carbons (Fsp3) is 0.267. The van der Waals surface area contributed by atoms with Crippen LogP contribution in [-0.2, 0) is 13.0 Å². The van der Waals surface area contributed by atoms with E-state index in [1.54, 1.807) is 6.07 Å². The van der Waals surface area contributed by atoms with Crippen LogP contribution in [0.4, 0.5) is 5.69 Å². The largest absolute Gasteiger partial charge is 0.459 e. The highest BCUT2D eigenvalue weighted by Crippen LogP contribution is 2.19. The van der Waals surface area contributed by atoms with Gasteiger partial charge in [0.05, 0.1) is 6.26 Å². The molecule has 0 fully saturated rings. The van der Waals surface area contributed by atoms with Crippen molar-refractivity contribution in [2.24, 2.45) is 5.84 Å². The predicted octanol–water partition coefficient (Wildman–Crippen LogP) is 2.08. The van der Waals surface area contributed by atoms with Crippen molar-refractivity contribution in [3.05, 3.63) is 53.5 Å². The van der Waals surface area contributed by atoms with Gasteiger partial charge in [-0.05, 0) is 30.2 Å². The Labute approximate surface area is 118 Å². The first-order valence-electron chi connectivity index (χ1n) is 6.53. The summed E-state index contributed by atoms with van der Waals surface area (Å²) in [6.45, 7) is 2.70. The lowest BCUT2D eigenvalue weighted by Crippen LogP contribution is -2.31. The third-order valence-electron chi connectivity index (χ3n) is 3.28. The zero-order chi connectivity index (χ0) is 14.5. The highest BCUT2D eigenvalue weighted by molar-refractivity contribution is 5.92. The van der Waals surface area contributed by atoms with Crippen LogP contribution in [0.1, 0.15) is 28.6 Å². The average molecular weight is 273 g/mol. The number of hydrazine groups is 1. The number of nitrogens with two attached hydrogens (primary N) is 1. The number of nitrogens with zero attached hydrogens (tertiary/aromatic N) is 1. The fourth-order valence-electron chi connectivity index (χ4n) is 2.06. The van der Waals surface area contributed by atoms with Crippen molar-refractivity contribution in [2.75, 3.05) is 11.9 Å². The molecule has 3 N–H and O–H groups in total. The first kappa shape index (κ1) is 14.1. The Morgan fingerprint density at radius 2 is 2.00 bits per heavy atom. The number of carbonyl (C=O) groups excluding carboxylic acids is 1. The second-order valence-corrected chi connectivity index (χ2v) is 4.62. The van der Waals surface area contributed by atoms with Crippen molar-refractivity contribution < 1.29 is 9.21 Å². The predicted molar refractivity (Wildman–Crippen MR) is 78.3 cm³/mol. The zero-order valence-electron chi connectivity index (χ0n) is 11.7. The number of nitrogens with one attached hydrogen (secondary N) is 1. The molecule has 1 heterocycles. The van der Waals surface area contributed by atoms with Crippen molar-refractivity contribution in [1.29, 1.82) is 0 Å². The van der Waals surface area contributed by atoms with Gasteiger partial charge in [0.25, 0.3) is 0 Å². The van der Waals surface area contributed by atoms with E-state index in [0.717, 1.165) is 17.7 Å². The van der Waals surface area contributed by atoms with Crippen LogP contribution in [0.2, 0.25) is 0 Å². The van der Waals surface area contributed by atoms with Crippen LogP contribution in [0, 0.1) is 0 Å². The lowest BCUT2D eigenvalue weighted by atomic mass is 10.1. The average Bonchev–Trinajstić information content (AvgIpc) is 2.94. The number of benzene rings is 1. The minimum Gasteiger partial charge on any atom is -0.459 e. The highest BCUT2D eigenvalue weighted by atomic mass is 16.3. The maximum absolute atomic E-state index is 11.5. The van der Waals surface area contributed by atoms with Gasteiger partial charge in [-0.3, -0.25) is 10.2 Å². The monoisotopic (exact) mass is 273 g/mol. The molecule has 1 aromatic carbocycles. The molecule has 0 saturated carbocycles. The topological polar surface area (TPSA) is 71.5 Å². The molecule has 0 saturated heterocycles. The number of hydrogen-bond donors (Lipinski definition) is 2. The molecule has 2 aromatic rings. The maximum atomic E-state index is 11.5. The third kappa shape index (κ3) is 3.00. The second-order valence-electron chi connectivity index (χ2n) is 4.62. The Balaban J connectivity index is 2.12. The molecule has 1 aromatic heterocycles. The summed E-state index contributed by atoms with van der Waals surface area (Å²) in [5.74, 6) is 4.97. The molecular formula is C15H19N3O2. The molecule has 106 valence electrons. The molecule has 2 rings (SSSR count). The summed E-state index contributed by atoms with van der Waals surface area (Å²) in [7, 11) is 1.97. The van der Waals surface area contributed by atoms with Gasteiger partial charge in [0.2, 0.25) is 0 Å². The number of rotatable bonds is 5. The number of carbonyl (C=O) groups is 1. The van der Waals surface area contributed by atoms with Crippen LogP contribution in [0.15, 0.2) is 41.0 Å². The lowest BCUT2D eigenvalue weighted by Gasteiger charge is -2.19. The van der Waals surface area contributed by atoms with E-state index < -0.39 is 5.91 Å². The van der Waals surface area contributed by atoms with E-state index in [1.807, 2.05) is 7.05 Å². The quantitative estimate of drug-likeness (QED) is 0.497. The second kappa shape index (κ2) is 6.25. The Bertz CT molecular complexity index is 575. The molecular weight excluding hydrogens is 254 g/mol. The summed E-state index contributed by atoms with van der Waals surface area (Å²) in [6, 6.07) is 10.1. The number of anilines is 1. The van der Waals surface area contributed by atoms with Crippen molar-refractivity contribution >= 4 is 11.6 Å². The third-order valence-corrected chi connectivity index (χ3v) is 3.28. The SMILES string of the molecule is CCc1ccc(N(C)Cc2ccoc2C(=O)NN)cc1.